The molecule has 0 spiro atoms. The van der Waals surface area contributed by atoms with Crippen molar-refractivity contribution >= 4 is 52.2 Å². The minimum absolute atomic E-state index is 0.0664. The van der Waals surface area contributed by atoms with Gasteiger partial charge in [0.25, 0.3) is 11.1 Å². The van der Waals surface area contributed by atoms with Crippen LogP contribution in [0.5, 0.6) is 11.5 Å². The van der Waals surface area contributed by atoms with Gasteiger partial charge in [0.1, 0.15) is 24.1 Å². The van der Waals surface area contributed by atoms with Crippen LogP contribution in [-0.4, -0.2) is 42.2 Å². The lowest BCUT2D eigenvalue weighted by Crippen LogP contribution is -2.36. The number of halogens is 1. The predicted molar refractivity (Wildman–Crippen MR) is 117 cm³/mol. The topological polar surface area (TPSA) is 109 Å². The Morgan fingerprint density at radius 3 is 2.65 bits per heavy atom. The zero-order valence-electron chi connectivity index (χ0n) is 16.3. The van der Waals surface area contributed by atoms with E-state index in [4.69, 9.17) is 26.3 Å². The van der Waals surface area contributed by atoms with Gasteiger partial charge in [0, 0.05) is 5.69 Å². The second-order valence-electron chi connectivity index (χ2n) is 6.18. The highest BCUT2D eigenvalue weighted by atomic mass is 35.5. The van der Waals surface area contributed by atoms with E-state index in [1.807, 2.05) is 6.07 Å². The summed E-state index contributed by atoms with van der Waals surface area (Å²) in [6.07, 6.45) is 1.56. The lowest BCUT2D eigenvalue weighted by Gasteiger charge is -2.13. The summed E-state index contributed by atoms with van der Waals surface area (Å²) in [5.74, 6) is -0.117. The van der Waals surface area contributed by atoms with E-state index < -0.39 is 23.6 Å². The molecule has 0 aromatic heterocycles. The van der Waals surface area contributed by atoms with E-state index in [9.17, 15) is 14.4 Å². The number of imide groups is 1. The molecule has 1 N–H and O–H groups in total. The summed E-state index contributed by atoms with van der Waals surface area (Å²) < 4.78 is 10.2. The van der Waals surface area contributed by atoms with Crippen LogP contribution in [0.1, 0.15) is 5.56 Å². The minimum Gasteiger partial charge on any atom is -0.495 e. The van der Waals surface area contributed by atoms with Crippen molar-refractivity contribution in [3.63, 3.8) is 0 Å². The Labute approximate surface area is 187 Å². The highest BCUT2D eigenvalue weighted by molar-refractivity contribution is 8.18. The molecular formula is C21H16ClN3O5S. The SMILES string of the molecule is COc1ccc(NC(=O)CN2C(=O)S/C(=C\c3ccc(OCC#N)cc3)C2=O)cc1Cl. The summed E-state index contributed by atoms with van der Waals surface area (Å²) >= 11 is 6.79. The van der Waals surface area contributed by atoms with Gasteiger partial charge in [-0.1, -0.05) is 23.7 Å². The average Bonchev–Trinajstić information content (AvgIpc) is 3.00. The second kappa shape index (κ2) is 10.0. The fraction of sp³-hybridized carbons (Fsp3) is 0.143. The van der Waals surface area contributed by atoms with Crippen LogP contribution in [0.15, 0.2) is 47.4 Å². The smallest absolute Gasteiger partial charge is 0.294 e. The Morgan fingerprint density at radius 1 is 1.26 bits per heavy atom. The van der Waals surface area contributed by atoms with Crippen molar-refractivity contribution in [3.8, 4) is 17.6 Å². The van der Waals surface area contributed by atoms with Gasteiger partial charge < -0.3 is 14.8 Å². The van der Waals surface area contributed by atoms with Gasteiger partial charge in [-0.15, -0.1) is 0 Å². The Morgan fingerprint density at radius 2 is 2.00 bits per heavy atom. The first kappa shape index (κ1) is 22.2. The van der Waals surface area contributed by atoms with Crippen LogP contribution in [-0.2, 0) is 9.59 Å². The van der Waals surface area contributed by atoms with Crippen LogP contribution in [0.25, 0.3) is 6.08 Å². The lowest BCUT2D eigenvalue weighted by atomic mass is 10.2. The van der Waals surface area contributed by atoms with Gasteiger partial charge in [-0.05, 0) is 53.7 Å². The number of thioether (sulfide) groups is 1. The molecule has 3 rings (SSSR count). The molecule has 1 aliphatic heterocycles. The van der Waals surface area contributed by atoms with Gasteiger partial charge in [-0.3, -0.25) is 19.3 Å². The number of nitrogens with one attached hydrogen (secondary N) is 1. The Kier molecular flexibility index (Phi) is 7.18. The van der Waals surface area contributed by atoms with Gasteiger partial charge >= 0.3 is 0 Å². The number of nitriles is 1. The zero-order valence-corrected chi connectivity index (χ0v) is 17.8. The first-order chi connectivity index (χ1) is 14.9. The van der Waals surface area contributed by atoms with E-state index in [-0.39, 0.29) is 11.5 Å². The van der Waals surface area contributed by atoms with E-state index in [1.165, 1.54) is 13.2 Å². The van der Waals surface area contributed by atoms with Crippen LogP contribution in [0.2, 0.25) is 5.02 Å². The molecule has 1 heterocycles. The average molecular weight is 458 g/mol. The zero-order chi connectivity index (χ0) is 22.4. The third-order valence-corrected chi connectivity index (χ3v) is 5.29. The van der Waals surface area contributed by atoms with Gasteiger partial charge in [-0.25, -0.2) is 0 Å². The van der Waals surface area contributed by atoms with E-state index in [1.54, 1.807) is 42.5 Å². The summed E-state index contributed by atoms with van der Waals surface area (Å²) in [4.78, 5) is 38.2. The second-order valence-corrected chi connectivity index (χ2v) is 7.58. The number of rotatable bonds is 7. The van der Waals surface area contributed by atoms with E-state index in [0.29, 0.717) is 27.8 Å². The van der Waals surface area contributed by atoms with E-state index in [0.717, 1.165) is 16.7 Å². The van der Waals surface area contributed by atoms with Crippen LogP contribution in [0, 0.1) is 11.3 Å². The monoisotopic (exact) mass is 457 g/mol. The molecule has 158 valence electrons. The molecule has 0 radical (unpaired) electrons. The van der Waals surface area contributed by atoms with Crippen molar-refractivity contribution in [2.24, 2.45) is 0 Å². The molecule has 0 unspecified atom stereocenters. The first-order valence-corrected chi connectivity index (χ1v) is 10.1. The first-order valence-electron chi connectivity index (χ1n) is 8.90. The summed E-state index contributed by atoms with van der Waals surface area (Å²) in [6, 6.07) is 13.3. The van der Waals surface area contributed by atoms with Gasteiger partial charge in [0.15, 0.2) is 6.61 Å². The molecular weight excluding hydrogens is 442 g/mol. The number of anilines is 1. The molecule has 0 bridgehead atoms. The molecule has 2 aromatic carbocycles. The van der Waals surface area contributed by atoms with Crippen molar-refractivity contribution < 1.29 is 23.9 Å². The molecule has 0 atom stereocenters. The molecule has 3 amide bonds. The van der Waals surface area contributed by atoms with Crippen molar-refractivity contribution in [1.29, 1.82) is 5.26 Å². The molecule has 1 aliphatic rings. The Bertz CT molecular complexity index is 1100. The maximum atomic E-state index is 12.6. The quantitative estimate of drug-likeness (QED) is 0.627. The molecule has 8 nitrogen and oxygen atoms in total. The molecule has 1 fully saturated rings. The van der Waals surface area contributed by atoms with Gasteiger partial charge in [0.05, 0.1) is 17.0 Å². The largest absolute Gasteiger partial charge is 0.495 e. The maximum absolute atomic E-state index is 12.6. The number of ether oxygens (including phenoxy) is 2. The molecule has 0 saturated carbocycles. The van der Waals surface area contributed by atoms with E-state index >= 15 is 0 Å². The maximum Gasteiger partial charge on any atom is 0.294 e. The van der Waals surface area contributed by atoms with Crippen LogP contribution in [0.3, 0.4) is 0 Å². The summed E-state index contributed by atoms with van der Waals surface area (Å²) in [7, 11) is 1.48. The number of hydrogen-bond donors (Lipinski definition) is 1. The highest BCUT2D eigenvalue weighted by Crippen LogP contribution is 2.32. The number of benzene rings is 2. The van der Waals surface area contributed by atoms with Crippen LogP contribution in [0.4, 0.5) is 10.5 Å². The Hall–Kier alpha value is -3.48. The lowest BCUT2D eigenvalue weighted by molar-refractivity contribution is -0.127. The van der Waals surface area contributed by atoms with Crippen molar-refractivity contribution in [2.45, 2.75) is 0 Å². The number of carbonyl (C=O) groups is 3. The minimum atomic E-state index is -0.553. The number of carbonyl (C=O) groups excluding carboxylic acids is 3. The van der Waals surface area contributed by atoms with Crippen LogP contribution >= 0.6 is 23.4 Å². The van der Waals surface area contributed by atoms with Gasteiger partial charge in [0.2, 0.25) is 5.91 Å². The summed E-state index contributed by atoms with van der Waals surface area (Å²) in [5.41, 5.74) is 1.09. The number of amides is 3. The van der Waals surface area contributed by atoms with E-state index in [2.05, 4.69) is 5.32 Å². The van der Waals surface area contributed by atoms with Crippen molar-refractivity contribution in [3.05, 3.63) is 58.0 Å². The molecule has 2 aromatic rings. The number of nitrogens with zero attached hydrogens (tertiary/aromatic N) is 2. The van der Waals surface area contributed by atoms with Crippen LogP contribution < -0.4 is 14.8 Å². The normalized spacial score (nSPS) is 14.5. The Balaban J connectivity index is 1.64. The molecule has 31 heavy (non-hydrogen) atoms. The van der Waals surface area contributed by atoms with Crippen molar-refractivity contribution in [1.82, 2.24) is 4.90 Å². The fourth-order valence-electron chi connectivity index (χ4n) is 2.65. The number of hydrogen-bond acceptors (Lipinski definition) is 7. The predicted octanol–water partition coefficient (Wildman–Crippen LogP) is 3.93. The molecule has 0 aliphatic carbocycles. The standard InChI is InChI=1S/C21H16ClN3O5S/c1-29-17-7-4-14(11-16(17)22)24-19(26)12-25-20(27)18(31-21(25)28)10-13-2-5-15(6-3-13)30-9-8-23/h2-7,10-11H,9,12H2,1H3,(H,24,26)/b18-10-. The molecule has 10 heteroatoms. The third-order valence-electron chi connectivity index (χ3n) is 4.09. The molecule has 1 saturated heterocycles. The number of methoxy groups -OCH3 is 1. The fourth-order valence-corrected chi connectivity index (χ4v) is 3.75. The summed E-state index contributed by atoms with van der Waals surface area (Å²) in [5, 5.41) is 10.9. The third kappa shape index (κ3) is 5.57. The van der Waals surface area contributed by atoms with Gasteiger partial charge in [-0.2, -0.15) is 5.26 Å². The highest BCUT2D eigenvalue weighted by Gasteiger charge is 2.36. The van der Waals surface area contributed by atoms with Crippen molar-refractivity contribution in [2.75, 3.05) is 25.6 Å². The summed E-state index contributed by atoms with van der Waals surface area (Å²) in [6.45, 7) is -0.490.